The fraction of sp³-hybridized carbons (Fsp3) is 0.0952. The number of aldehydes is 1. The molecule has 25 heavy (non-hydrogen) atoms. The topological polar surface area (TPSA) is 52.3 Å². The van der Waals surface area contributed by atoms with Gasteiger partial charge in [0, 0.05) is 22.6 Å². The van der Waals surface area contributed by atoms with Crippen LogP contribution >= 0.6 is 10.9 Å². The molecule has 0 bridgehead atoms. The summed E-state index contributed by atoms with van der Waals surface area (Å²) in [7, 11) is -0.670. The van der Waals surface area contributed by atoms with Crippen LogP contribution in [0.4, 0.5) is 0 Å². The predicted molar refractivity (Wildman–Crippen MR) is 104 cm³/mol. The highest BCUT2D eigenvalue weighted by molar-refractivity contribution is 8.25. The Labute approximate surface area is 149 Å². The average molecular weight is 349 g/mol. The Bertz CT molecular complexity index is 884. The van der Waals surface area contributed by atoms with Gasteiger partial charge in [0.05, 0.1) is 5.92 Å². The van der Waals surface area contributed by atoms with Gasteiger partial charge >= 0.3 is 0 Å². The zero-order valence-electron chi connectivity index (χ0n) is 13.6. The van der Waals surface area contributed by atoms with E-state index in [-0.39, 0.29) is 5.92 Å². The zero-order chi connectivity index (χ0) is 17.2. The largest absolute Gasteiger partial charge is 0.456 e. The van der Waals surface area contributed by atoms with Crippen molar-refractivity contribution in [3.8, 4) is 5.75 Å². The van der Waals surface area contributed by atoms with Gasteiger partial charge in [-0.15, -0.1) is 0 Å². The van der Waals surface area contributed by atoms with E-state index < -0.39 is 10.9 Å². The smallest absolute Gasteiger partial charge is 0.144 e. The van der Waals surface area contributed by atoms with Gasteiger partial charge < -0.3 is 15.3 Å². The molecule has 0 saturated heterocycles. The monoisotopic (exact) mass is 349 g/mol. The van der Waals surface area contributed by atoms with Gasteiger partial charge in [0.1, 0.15) is 17.8 Å². The summed E-state index contributed by atoms with van der Waals surface area (Å²) in [5.74, 6) is 1.26. The van der Waals surface area contributed by atoms with Crippen LogP contribution in [0.5, 0.6) is 5.75 Å². The SMILES string of the molecule is NCc1ccc(C2=C([SH]3C=CC=C3)C(C=O)c3ccccc3O2)cc1. The first-order valence-corrected chi connectivity index (χ1v) is 9.69. The van der Waals surface area contributed by atoms with Gasteiger partial charge in [-0.2, -0.15) is 10.9 Å². The Morgan fingerprint density at radius 1 is 1.04 bits per heavy atom. The van der Waals surface area contributed by atoms with Crippen LogP contribution < -0.4 is 10.5 Å². The number of hydrogen-bond acceptors (Lipinski definition) is 3. The molecule has 3 nitrogen and oxygen atoms in total. The van der Waals surface area contributed by atoms with Crippen LogP contribution in [0.1, 0.15) is 22.6 Å². The van der Waals surface area contributed by atoms with Crippen molar-refractivity contribution >= 4 is 22.9 Å². The van der Waals surface area contributed by atoms with Crippen LogP contribution in [0.2, 0.25) is 0 Å². The van der Waals surface area contributed by atoms with Crippen LogP contribution in [0.3, 0.4) is 0 Å². The molecule has 2 N–H and O–H groups in total. The highest BCUT2D eigenvalue weighted by atomic mass is 32.2. The molecule has 0 spiro atoms. The normalized spacial score (nSPS) is 19.7. The third-order valence-corrected chi connectivity index (χ3v) is 6.49. The third kappa shape index (κ3) is 2.84. The molecule has 126 valence electrons. The zero-order valence-corrected chi connectivity index (χ0v) is 14.5. The minimum Gasteiger partial charge on any atom is -0.456 e. The summed E-state index contributed by atoms with van der Waals surface area (Å²) >= 11 is 0. The minimum absolute atomic E-state index is 0.285. The lowest BCUT2D eigenvalue weighted by Crippen LogP contribution is -2.16. The predicted octanol–water partition coefficient (Wildman–Crippen LogP) is 4.23. The summed E-state index contributed by atoms with van der Waals surface area (Å²) < 4.78 is 6.29. The minimum atomic E-state index is -0.670. The van der Waals surface area contributed by atoms with Crippen LogP contribution in [-0.4, -0.2) is 6.29 Å². The summed E-state index contributed by atoms with van der Waals surface area (Å²) in [5.41, 5.74) is 8.69. The number of fused-ring (bicyclic) bond motifs is 1. The van der Waals surface area contributed by atoms with Crippen LogP contribution in [0, 0.1) is 0 Å². The molecule has 4 rings (SSSR count). The average Bonchev–Trinajstić information content (AvgIpc) is 3.21. The molecule has 2 heterocycles. The Morgan fingerprint density at radius 2 is 1.76 bits per heavy atom. The second kappa shape index (κ2) is 6.75. The molecule has 0 aliphatic carbocycles. The third-order valence-electron chi connectivity index (χ3n) is 4.46. The van der Waals surface area contributed by atoms with Gasteiger partial charge in [0.15, 0.2) is 0 Å². The van der Waals surface area contributed by atoms with E-state index in [1.165, 1.54) is 0 Å². The Morgan fingerprint density at radius 3 is 2.44 bits per heavy atom. The van der Waals surface area contributed by atoms with E-state index in [4.69, 9.17) is 10.5 Å². The van der Waals surface area contributed by atoms with E-state index in [2.05, 4.69) is 10.8 Å². The maximum absolute atomic E-state index is 12.0. The fourth-order valence-electron chi connectivity index (χ4n) is 3.19. The summed E-state index contributed by atoms with van der Waals surface area (Å²) in [6.07, 6.45) is 5.11. The van der Waals surface area contributed by atoms with Crippen molar-refractivity contribution in [1.29, 1.82) is 0 Å². The highest BCUT2D eigenvalue weighted by Gasteiger charge is 2.32. The second-order valence-corrected chi connectivity index (χ2v) is 7.85. The van der Waals surface area contributed by atoms with Crippen LogP contribution in [-0.2, 0) is 11.3 Å². The number of nitrogens with two attached hydrogens (primary N) is 1. The van der Waals surface area contributed by atoms with Crippen molar-refractivity contribution in [1.82, 2.24) is 0 Å². The molecule has 0 radical (unpaired) electrons. The lowest BCUT2D eigenvalue weighted by Gasteiger charge is -2.31. The van der Waals surface area contributed by atoms with E-state index in [9.17, 15) is 4.79 Å². The van der Waals surface area contributed by atoms with Crippen molar-refractivity contribution in [2.45, 2.75) is 12.5 Å². The van der Waals surface area contributed by atoms with Gasteiger partial charge in [0.25, 0.3) is 0 Å². The first-order chi connectivity index (χ1) is 12.3. The molecular formula is C21H19NO2S. The lowest BCUT2D eigenvalue weighted by atomic mass is 9.94. The number of rotatable bonds is 4. The molecule has 4 heteroatoms. The van der Waals surface area contributed by atoms with Gasteiger partial charge in [-0.25, -0.2) is 0 Å². The van der Waals surface area contributed by atoms with Crippen molar-refractivity contribution in [2.75, 3.05) is 0 Å². The first-order valence-electron chi connectivity index (χ1n) is 8.21. The van der Waals surface area contributed by atoms with Gasteiger partial charge in [-0.1, -0.05) is 54.6 Å². The first kappa shape index (κ1) is 15.9. The molecule has 2 aliphatic heterocycles. The van der Waals surface area contributed by atoms with Crippen molar-refractivity contribution in [3.63, 3.8) is 0 Å². The molecule has 0 saturated carbocycles. The van der Waals surface area contributed by atoms with Crippen molar-refractivity contribution in [3.05, 3.63) is 93.1 Å². The number of ether oxygens (including phenoxy) is 1. The molecule has 2 aliphatic rings. The summed E-state index contributed by atoms with van der Waals surface area (Å²) in [4.78, 5) is 13.1. The molecule has 0 aromatic heterocycles. The molecule has 1 atom stereocenters. The molecular weight excluding hydrogens is 330 g/mol. The van der Waals surface area contributed by atoms with Gasteiger partial charge in [-0.3, -0.25) is 0 Å². The lowest BCUT2D eigenvalue weighted by molar-refractivity contribution is -0.108. The Kier molecular flexibility index (Phi) is 4.30. The fourth-order valence-corrected chi connectivity index (χ4v) is 5.11. The number of benzene rings is 2. The number of thiol groups is 1. The number of hydrogen-bond donors (Lipinski definition) is 2. The maximum atomic E-state index is 12.0. The second-order valence-electron chi connectivity index (χ2n) is 5.96. The van der Waals surface area contributed by atoms with E-state index in [0.717, 1.165) is 39.4 Å². The maximum Gasteiger partial charge on any atom is 0.144 e. The van der Waals surface area contributed by atoms with E-state index in [0.29, 0.717) is 6.54 Å². The van der Waals surface area contributed by atoms with Crippen molar-refractivity contribution in [2.24, 2.45) is 5.73 Å². The van der Waals surface area contributed by atoms with Gasteiger partial charge in [0.2, 0.25) is 0 Å². The molecule has 1 unspecified atom stereocenters. The summed E-state index contributed by atoms with van der Waals surface area (Å²) in [6, 6.07) is 15.8. The molecule has 2 aromatic rings. The van der Waals surface area contributed by atoms with Crippen molar-refractivity contribution < 1.29 is 9.53 Å². The van der Waals surface area contributed by atoms with Crippen LogP contribution in [0.25, 0.3) is 5.76 Å². The number of para-hydroxylation sites is 1. The van der Waals surface area contributed by atoms with E-state index >= 15 is 0 Å². The summed E-state index contributed by atoms with van der Waals surface area (Å²) in [5, 5.41) is 4.32. The molecule has 0 fully saturated rings. The number of carbonyl (C=O) groups excluding carboxylic acids is 1. The van der Waals surface area contributed by atoms with E-state index in [1.54, 1.807) is 0 Å². The number of allylic oxidation sites excluding steroid dienone is 3. The van der Waals surface area contributed by atoms with Crippen LogP contribution in [0.15, 0.2) is 76.4 Å². The Hall–Kier alpha value is -2.56. The standard InChI is InChI=1S/C21H19NO2S/c22-13-15-7-9-16(10-8-15)20-21(25-11-3-4-12-25)18(14-23)17-5-1-2-6-19(17)24-20/h1-12,14,18,25H,13,22H2. The van der Waals surface area contributed by atoms with E-state index in [1.807, 2.05) is 60.7 Å². The van der Waals surface area contributed by atoms with Gasteiger partial charge in [-0.05, 0) is 22.4 Å². The summed E-state index contributed by atoms with van der Waals surface area (Å²) in [6.45, 7) is 0.505. The number of carbonyl (C=O) groups is 1. The highest BCUT2D eigenvalue weighted by Crippen LogP contribution is 2.54. The molecule has 2 aromatic carbocycles. The Balaban J connectivity index is 1.90. The quantitative estimate of drug-likeness (QED) is 0.641. The molecule has 0 amide bonds.